The number of aromatic nitrogens is 2. The summed E-state index contributed by atoms with van der Waals surface area (Å²) in [6.45, 7) is 5.04. The lowest BCUT2D eigenvalue weighted by atomic mass is 9.90. The minimum absolute atomic E-state index is 0.563. The molecule has 0 N–H and O–H groups in total. The maximum absolute atomic E-state index is 6.35. The van der Waals surface area contributed by atoms with Crippen molar-refractivity contribution in [3.05, 3.63) is 82.3 Å². The average Bonchev–Trinajstić information content (AvgIpc) is 2.78. The van der Waals surface area contributed by atoms with E-state index >= 15 is 0 Å². The van der Waals surface area contributed by atoms with E-state index in [1.54, 1.807) is 6.33 Å². The lowest BCUT2D eigenvalue weighted by molar-refractivity contribution is 0.646. The smallest absolute Gasteiger partial charge is 0.116 e. The summed E-state index contributed by atoms with van der Waals surface area (Å²) in [4.78, 5) is 13.7. The van der Waals surface area contributed by atoms with Gasteiger partial charge in [-0.15, -0.1) is 0 Å². The van der Waals surface area contributed by atoms with Crippen LogP contribution in [-0.2, 0) is 13.0 Å². The molecule has 0 spiro atoms. The van der Waals surface area contributed by atoms with Crippen molar-refractivity contribution in [2.45, 2.75) is 26.8 Å². The first-order valence-corrected chi connectivity index (χ1v) is 9.23. The van der Waals surface area contributed by atoms with Gasteiger partial charge in [0.25, 0.3) is 0 Å². The monoisotopic (exact) mass is 361 g/mol. The quantitative estimate of drug-likeness (QED) is 0.631. The van der Waals surface area contributed by atoms with Crippen LogP contribution in [-0.4, -0.2) is 15.7 Å². The van der Waals surface area contributed by atoms with Crippen LogP contribution in [0.5, 0.6) is 0 Å². The van der Waals surface area contributed by atoms with Gasteiger partial charge in [0.2, 0.25) is 0 Å². The topological polar surface area (TPSA) is 38.1 Å². The zero-order chi connectivity index (χ0) is 18.1. The Morgan fingerprint density at radius 1 is 1.04 bits per heavy atom. The molecule has 3 aromatic rings. The van der Waals surface area contributed by atoms with Gasteiger partial charge in [0.1, 0.15) is 6.33 Å². The predicted molar refractivity (Wildman–Crippen MR) is 107 cm³/mol. The summed E-state index contributed by atoms with van der Waals surface area (Å²) in [5.74, 6) is 0.574. The van der Waals surface area contributed by atoms with Crippen molar-refractivity contribution in [2.75, 3.05) is 0 Å². The van der Waals surface area contributed by atoms with Gasteiger partial charge in [0, 0.05) is 33.5 Å². The molecule has 4 heteroatoms. The van der Waals surface area contributed by atoms with Crippen LogP contribution in [0.2, 0.25) is 5.02 Å². The van der Waals surface area contributed by atoms with Crippen molar-refractivity contribution in [1.29, 1.82) is 0 Å². The number of hydrogen-bond donors (Lipinski definition) is 0. The van der Waals surface area contributed by atoms with E-state index in [0.717, 1.165) is 34.5 Å². The molecule has 26 heavy (non-hydrogen) atoms. The van der Waals surface area contributed by atoms with Gasteiger partial charge >= 0.3 is 0 Å². The van der Waals surface area contributed by atoms with E-state index in [9.17, 15) is 0 Å². The summed E-state index contributed by atoms with van der Waals surface area (Å²) in [5, 5.41) is 0.704. The molecule has 0 bridgehead atoms. The molecule has 0 unspecified atom stereocenters. The van der Waals surface area contributed by atoms with Crippen LogP contribution >= 0.6 is 11.6 Å². The Morgan fingerprint density at radius 3 is 2.73 bits per heavy atom. The van der Waals surface area contributed by atoms with Gasteiger partial charge < -0.3 is 0 Å². The van der Waals surface area contributed by atoms with E-state index in [1.807, 2.05) is 24.4 Å². The molecule has 1 aromatic heterocycles. The Bertz CT molecular complexity index is 992. The third-order valence-electron chi connectivity index (χ3n) is 4.59. The molecule has 1 aliphatic heterocycles. The van der Waals surface area contributed by atoms with Crippen molar-refractivity contribution in [1.82, 2.24) is 9.97 Å². The van der Waals surface area contributed by atoms with E-state index in [-0.39, 0.29) is 0 Å². The molecule has 130 valence electrons. The van der Waals surface area contributed by atoms with Crippen LogP contribution in [0.4, 0.5) is 0 Å². The van der Waals surface area contributed by atoms with E-state index in [1.165, 1.54) is 11.1 Å². The Labute approximate surface area is 158 Å². The molecule has 3 nitrogen and oxygen atoms in total. The van der Waals surface area contributed by atoms with Crippen LogP contribution in [0.3, 0.4) is 0 Å². The van der Waals surface area contributed by atoms with Gasteiger partial charge in [-0.25, -0.2) is 9.97 Å². The first-order valence-electron chi connectivity index (χ1n) is 8.85. The second-order valence-corrected chi connectivity index (χ2v) is 7.44. The molecule has 0 aliphatic carbocycles. The molecule has 0 radical (unpaired) electrons. The summed E-state index contributed by atoms with van der Waals surface area (Å²) in [5.41, 5.74) is 7.53. The molecule has 2 heterocycles. The fraction of sp³-hybridized carbons (Fsp3) is 0.227. The molecule has 0 atom stereocenters. The van der Waals surface area contributed by atoms with Crippen LogP contribution in [0.25, 0.3) is 11.3 Å². The van der Waals surface area contributed by atoms with E-state index < -0.39 is 0 Å². The maximum Gasteiger partial charge on any atom is 0.116 e. The van der Waals surface area contributed by atoms with Crippen molar-refractivity contribution in [3.8, 4) is 11.3 Å². The molecule has 1 aliphatic rings. The third-order valence-corrected chi connectivity index (χ3v) is 4.82. The predicted octanol–water partition coefficient (Wildman–Crippen LogP) is 5.35. The van der Waals surface area contributed by atoms with Crippen molar-refractivity contribution in [2.24, 2.45) is 10.9 Å². The van der Waals surface area contributed by atoms with Crippen LogP contribution in [0, 0.1) is 5.92 Å². The molecule has 0 amide bonds. The largest absolute Gasteiger partial charge is 0.279 e. The van der Waals surface area contributed by atoms with Crippen molar-refractivity contribution >= 4 is 17.3 Å². The van der Waals surface area contributed by atoms with Crippen LogP contribution in [0.1, 0.15) is 36.1 Å². The molecular weight excluding hydrogens is 342 g/mol. The number of fused-ring (bicyclic) bond motifs is 3. The highest BCUT2D eigenvalue weighted by Crippen LogP contribution is 2.33. The van der Waals surface area contributed by atoms with Crippen molar-refractivity contribution < 1.29 is 0 Å². The Morgan fingerprint density at radius 2 is 1.88 bits per heavy atom. The minimum atomic E-state index is 0.563. The van der Waals surface area contributed by atoms with Crippen molar-refractivity contribution in [3.63, 3.8) is 0 Å². The van der Waals surface area contributed by atoms with E-state index in [0.29, 0.717) is 17.5 Å². The summed E-state index contributed by atoms with van der Waals surface area (Å²) < 4.78 is 0. The van der Waals surface area contributed by atoms with Gasteiger partial charge in [-0.3, -0.25) is 4.99 Å². The second-order valence-electron chi connectivity index (χ2n) is 7.01. The first kappa shape index (κ1) is 16.9. The van der Waals surface area contributed by atoms with E-state index in [2.05, 4.69) is 48.1 Å². The number of rotatable bonds is 3. The fourth-order valence-electron chi connectivity index (χ4n) is 3.48. The first-order chi connectivity index (χ1) is 12.6. The fourth-order valence-corrected chi connectivity index (χ4v) is 3.66. The standard InChI is InChI=1S/C22H20ClN3/c1-14(2)9-15-5-3-4-6-18(15)22-20-10-17(23)7-8-19(20)21-16(12-25-22)11-24-13-26-21/h3-8,10-11,13-14H,9,12H2,1-2H3. The molecule has 0 saturated carbocycles. The Hall–Kier alpha value is -2.52. The number of benzene rings is 2. The zero-order valence-electron chi connectivity index (χ0n) is 14.9. The highest BCUT2D eigenvalue weighted by atomic mass is 35.5. The Kier molecular flexibility index (Phi) is 4.56. The van der Waals surface area contributed by atoms with Gasteiger partial charge in [-0.2, -0.15) is 0 Å². The van der Waals surface area contributed by atoms with E-state index in [4.69, 9.17) is 16.6 Å². The minimum Gasteiger partial charge on any atom is -0.279 e. The highest BCUT2D eigenvalue weighted by Gasteiger charge is 2.22. The highest BCUT2D eigenvalue weighted by molar-refractivity contribution is 6.31. The summed E-state index contributed by atoms with van der Waals surface area (Å²) in [7, 11) is 0. The molecule has 0 fully saturated rings. The molecular formula is C22H20ClN3. The van der Waals surface area contributed by atoms with Gasteiger partial charge in [0.05, 0.1) is 18.0 Å². The normalized spacial score (nSPS) is 13.0. The van der Waals surface area contributed by atoms with Crippen LogP contribution < -0.4 is 0 Å². The molecule has 4 rings (SSSR count). The lowest BCUT2D eigenvalue weighted by Gasteiger charge is -2.15. The lowest BCUT2D eigenvalue weighted by Crippen LogP contribution is -2.10. The average molecular weight is 362 g/mol. The van der Waals surface area contributed by atoms with Gasteiger partial charge in [-0.05, 0) is 30.0 Å². The van der Waals surface area contributed by atoms with Gasteiger partial charge in [-0.1, -0.05) is 55.8 Å². The number of aliphatic imine (C=N–C) groups is 1. The molecule has 2 aromatic carbocycles. The summed E-state index contributed by atoms with van der Waals surface area (Å²) >= 11 is 6.35. The SMILES string of the molecule is CC(C)Cc1ccccc1C1=NCc2cncnc2-c2ccc(Cl)cc21. The van der Waals surface area contributed by atoms with Crippen LogP contribution in [0.15, 0.2) is 60.0 Å². The number of nitrogens with zero attached hydrogens (tertiary/aromatic N) is 3. The summed E-state index contributed by atoms with van der Waals surface area (Å²) in [6.07, 6.45) is 4.46. The molecule has 0 saturated heterocycles. The van der Waals surface area contributed by atoms with Gasteiger partial charge in [0.15, 0.2) is 0 Å². The Balaban J connectivity index is 1.95. The number of hydrogen-bond acceptors (Lipinski definition) is 3. The number of halogens is 1. The third kappa shape index (κ3) is 3.15. The summed E-state index contributed by atoms with van der Waals surface area (Å²) in [6, 6.07) is 14.5. The zero-order valence-corrected chi connectivity index (χ0v) is 15.7. The second kappa shape index (κ2) is 7.00. The maximum atomic E-state index is 6.35.